The Bertz CT molecular complexity index is 1710. The molecule has 5 aromatic rings. The van der Waals surface area contributed by atoms with E-state index in [0.717, 1.165) is 80.2 Å². The molecule has 2 aliphatic heterocycles. The minimum Gasteiger partial charge on any atom is -0.473 e. The summed E-state index contributed by atoms with van der Waals surface area (Å²) in [7, 11) is 0. The maximum absolute atomic E-state index is 12.7. The zero-order chi connectivity index (χ0) is 29.7. The highest BCUT2D eigenvalue weighted by Crippen LogP contribution is 2.30. The smallest absolute Gasteiger partial charge is 0.257 e. The van der Waals surface area contributed by atoms with Gasteiger partial charge in [0.25, 0.3) is 5.91 Å². The minimum absolute atomic E-state index is 0.189. The van der Waals surface area contributed by atoms with Gasteiger partial charge in [0.1, 0.15) is 12.4 Å². The molecule has 1 atom stereocenters. The number of nitrogens with one attached hydrogen (secondary N) is 1. The van der Waals surface area contributed by atoms with Gasteiger partial charge in [-0.1, -0.05) is 36.4 Å². The van der Waals surface area contributed by atoms with Crippen LogP contribution in [0.1, 0.15) is 52.6 Å². The minimum atomic E-state index is -0.189. The van der Waals surface area contributed by atoms with Crippen LogP contribution in [-0.4, -0.2) is 56.1 Å². The summed E-state index contributed by atoms with van der Waals surface area (Å²) in [4.78, 5) is 29.2. The Morgan fingerprint density at radius 3 is 2.59 bits per heavy atom. The molecule has 44 heavy (non-hydrogen) atoms. The second kappa shape index (κ2) is 13.0. The van der Waals surface area contributed by atoms with E-state index in [9.17, 15) is 4.79 Å². The number of carbonyl (C=O) groups is 1. The molecule has 3 aromatic heterocycles. The van der Waals surface area contributed by atoms with E-state index in [2.05, 4.69) is 38.0 Å². The van der Waals surface area contributed by atoms with Crippen molar-refractivity contribution < 1.29 is 14.3 Å². The van der Waals surface area contributed by atoms with Gasteiger partial charge in [-0.05, 0) is 74.3 Å². The van der Waals surface area contributed by atoms with Crippen molar-refractivity contribution in [3.63, 3.8) is 0 Å². The summed E-state index contributed by atoms with van der Waals surface area (Å²) in [5, 5.41) is 2.99. The lowest BCUT2D eigenvalue weighted by molar-refractivity contribution is -0.0592. The standard InChI is InChI=1S/C35H36N6O3/c42-35(27-8-5-16-36-21-27)37-28-11-12-32-31(20-28)38-33(41(32)22-29-15-19-43-29)23-40-17-13-26(14-18-40)30-9-4-10-34(39-30)44-24-25-6-2-1-3-7-25/h1-12,16,20-21,26,29H,13-15,17-19,22-24H2,(H,37,42)/t29-/m0/s1. The van der Waals surface area contributed by atoms with E-state index in [1.54, 1.807) is 24.5 Å². The summed E-state index contributed by atoms with van der Waals surface area (Å²) in [6.45, 7) is 4.81. The Hall–Kier alpha value is -4.60. The quantitative estimate of drug-likeness (QED) is 0.220. The number of aromatic nitrogens is 4. The highest BCUT2D eigenvalue weighted by atomic mass is 16.5. The Labute approximate surface area is 256 Å². The number of hydrogen-bond donors (Lipinski definition) is 1. The Balaban J connectivity index is 1.02. The van der Waals surface area contributed by atoms with Gasteiger partial charge >= 0.3 is 0 Å². The number of likely N-dealkylation sites (tertiary alicyclic amines) is 1. The van der Waals surface area contributed by atoms with E-state index in [0.29, 0.717) is 29.7 Å². The number of benzene rings is 2. The second-order valence-electron chi connectivity index (χ2n) is 11.5. The van der Waals surface area contributed by atoms with Gasteiger partial charge in [-0.25, -0.2) is 9.97 Å². The largest absolute Gasteiger partial charge is 0.473 e. The molecule has 0 saturated carbocycles. The predicted molar refractivity (Wildman–Crippen MR) is 169 cm³/mol. The lowest BCUT2D eigenvalue weighted by Crippen LogP contribution is -2.35. The Morgan fingerprint density at radius 2 is 1.82 bits per heavy atom. The van der Waals surface area contributed by atoms with Crippen molar-refractivity contribution in [2.75, 3.05) is 25.0 Å². The number of amides is 1. The van der Waals surface area contributed by atoms with Gasteiger partial charge < -0.3 is 19.4 Å². The van der Waals surface area contributed by atoms with Crippen LogP contribution >= 0.6 is 0 Å². The van der Waals surface area contributed by atoms with Gasteiger partial charge in [0.05, 0.1) is 35.8 Å². The van der Waals surface area contributed by atoms with E-state index in [1.807, 2.05) is 48.5 Å². The summed E-state index contributed by atoms with van der Waals surface area (Å²) in [5.74, 6) is 1.92. The summed E-state index contributed by atoms with van der Waals surface area (Å²) in [5.41, 5.74) is 5.40. The van der Waals surface area contributed by atoms with Crippen molar-refractivity contribution in [1.82, 2.24) is 24.4 Å². The summed E-state index contributed by atoms with van der Waals surface area (Å²) in [6, 6.07) is 25.7. The molecule has 1 amide bonds. The van der Waals surface area contributed by atoms with Crippen LogP contribution < -0.4 is 10.1 Å². The van der Waals surface area contributed by atoms with Crippen LogP contribution in [0.2, 0.25) is 0 Å². The van der Waals surface area contributed by atoms with Crippen LogP contribution in [0.4, 0.5) is 5.69 Å². The molecule has 0 aliphatic carbocycles. The van der Waals surface area contributed by atoms with Gasteiger partial charge in [0, 0.05) is 42.4 Å². The summed E-state index contributed by atoms with van der Waals surface area (Å²) in [6.07, 6.45) is 6.56. The number of piperidine rings is 1. The molecule has 9 heteroatoms. The molecule has 2 aromatic carbocycles. The van der Waals surface area contributed by atoms with Crippen LogP contribution in [0, 0.1) is 0 Å². The molecule has 7 rings (SSSR count). The lowest BCUT2D eigenvalue weighted by atomic mass is 9.93. The fourth-order valence-corrected chi connectivity index (χ4v) is 5.97. The molecular formula is C35H36N6O3. The molecule has 224 valence electrons. The molecule has 2 fully saturated rings. The Morgan fingerprint density at radius 1 is 0.955 bits per heavy atom. The number of fused-ring (bicyclic) bond motifs is 1. The van der Waals surface area contributed by atoms with Gasteiger partial charge in [-0.15, -0.1) is 0 Å². The zero-order valence-electron chi connectivity index (χ0n) is 24.6. The molecule has 5 heterocycles. The fourth-order valence-electron chi connectivity index (χ4n) is 5.97. The number of carbonyl (C=O) groups excluding carboxylic acids is 1. The number of anilines is 1. The van der Waals surface area contributed by atoms with E-state index >= 15 is 0 Å². The first-order valence-electron chi connectivity index (χ1n) is 15.4. The number of hydrogen-bond acceptors (Lipinski definition) is 7. The summed E-state index contributed by atoms with van der Waals surface area (Å²) < 4.78 is 14.1. The molecule has 0 unspecified atom stereocenters. The maximum Gasteiger partial charge on any atom is 0.257 e. The predicted octanol–water partition coefficient (Wildman–Crippen LogP) is 5.83. The van der Waals surface area contributed by atoms with Gasteiger partial charge in [-0.3, -0.25) is 14.7 Å². The van der Waals surface area contributed by atoms with E-state index < -0.39 is 0 Å². The fraction of sp³-hybridized carbons (Fsp3) is 0.314. The normalized spacial score (nSPS) is 17.3. The number of rotatable bonds is 10. The third-order valence-corrected chi connectivity index (χ3v) is 8.53. The maximum atomic E-state index is 12.7. The zero-order valence-corrected chi connectivity index (χ0v) is 24.6. The third-order valence-electron chi connectivity index (χ3n) is 8.53. The molecule has 0 radical (unpaired) electrons. The first-order valence-corrected chi connectivity index (χ1v) is 15.4. The average molecular weight is 589 g/mol. The van der Waals surface area contributed by atoms with Gasteiger partial charge in [0.2, 0.25) is 5.88 Å². The molecule has 2 saturated heterocycles. The monoisotopic (exact) mass is 588 g/mol. The van der Waals surface area contributed by atoms with Crippen LogP contribution in [0.5, 0.6) is 5.88 Å². The number of pyridine rings is 2. The van der Waals surface area contributed by atoms with E-state index in [-0.39, 0.29) is 12.0 Å². The number of nitrogens with zero attached hydrogens (tertiary/aromatic N) is 5. The van der Waals surface area contributed by atoms with Gasteiger partial charge in [0.15, 0.2) is 0 Å². The highest BCUT2D eigenvalue weighted by Gasteiger charge is 2.26. The second-order valence-corrected chi connectivity index (χ2v) is 11.5. The first-order chi connectivity index (χ1) is 21.7. The van der Waals surface area contributed by atoms with E-state index in [4.69, 9.17) is 19.4 Å². The van der Waals surface area contributed by atoms with Crippen LogP contribution in [-0.2, 0) is 24.4 Å². The Kier molecular flexibility index (Phi) is 8.30. The average Bonchev–Trinajstić information content (AvgIpc) is 3.38. The van der Waals surface area contributed by atoms with E-state index in [1.165, 1.54) is 0 Å². The van der Waals surface area contributed by atoms with Crippen molar-refractivity contribution >= 4 is 22.6 Å². The first kappa shape index (κ1) is 28.2. The van der Waals surface area contributed by atoms with Crippen molar-refractivity contribution in [2.24, 2.45) is 0 Å². The van der Waals surface area contributed by atoms with Crippen molar-refractivity contribution in [3.05, 3.63) is 114 Å². The summed E-state index contributed by atoms with van der Waals surface area (Å²) >= 11 is 0. The van der Waals surface area contributed by atoms with Crippen LogP contribution in [0.15, 0.2) is 91.3 Å². The lowest BCUT2D eigenvalue weighted by Gasteiger charge is -2.32. The number of ether oxygens (including phenoxy) is 2. The highest BCUT2D eigenvalue weighted by molar-refractivity contribution is 6.04. The molecular weight excluding hydrogens is 552 g/mol. The van der Waals surface area contributed by atoms with Crippen LogP contribution in [0.25, 0.3) is 11.0 Å². The molecule has 2 aliphatic rings. The van der Waals surface area contributed by atoms with Crippen molar-refractivity contribution in [1.29, 1.82) is 0 Å². The van der Waals surface area contributed by atoms with Crippen molar-refractivity contribution in [2.45, 2.75) is 51.0 Å². The molecule has 0 bridgehead atoms. The third kappa shape index (κ3) is 6.49. The van der Waals surface area contributed by atoms with Gasteiger partial charge in [-0.2, -0.15) is 0 Å². The van der Waals surface area contributed by atoms with Crippen LogP contribution in [0.3, 0.4) is 0 Å². The molecule has 0 spiro atoms. The molecule has 9 nitrogen and oxygen atoms in total. The topological polar surface area (TPSA) is 94.4 Å². The SMILES string of the molecule is O=C(Nc1ccc2c(c1)nc(CN1CCC(c3cccc(OCc4ccccc4)n3)CC1)n2C[C@@H]1CCO1)c1cccnc1. The van der Waals surface area contributed by atoms with Crippen molar-refractivity contribution in [3.8, 4) is 5.88 Å². The molecule has 1 N–H and O–H groups in total. The number of imidazole rings is 1.